The molecule has 6 heteroatoms. The lowest BCUT2D eigenvalue weighted by Crippen LogP contribution is -2.24. The summed E-state index contributed by atoms with van der Waals surface area (Å²) in [5.41, 5.74) is 0.247. The van der Waals surface area contributed by atoms with Gasteiger partial charge in [-0.15, -0.1) is 6.58 Å². The molecule has 1 heterocycles. The SMILES string of the molecule is C=CCn1ncc(NCCCOCCC)c(Cl)c1=O. The molecule has 1 rings (SSSR count). The molecule has 0 spiro atoms. The molecule has 0 radical (unpaired) electrons. The van der Waals surface area contributed by atoms with Gasteiger partial charge in [-0.25, -0.2) is 4.68 Å². The van der Waals surface area contributed by atoms with Crippen LogP contribution in [0.15, 0.2) is 23.6 Å². The molecular weight excluding hydrogens is 266 g/mol. The van der Waals surface area contributed by atoms with E-state index in [4.69, 9.17) is 16.3 Å². The van der Waals surface area contributed by atoms with Gasteiger partial charge in [-0.2, -0.15) is 5.10 Å². The van der Waals surface area contributed by atoms with Gasteiger partial charge in [0.2, 0.25) is 0 Å². The molecule has 0 saturated heterocycles. The Morgan fingerprint density at radius 3 is 3.05 bits per heavy atom. The molecule has 0 aliphatic heterocycles. The molecular formula is C13H20ClN3O2. The van der Waals surface area contributed by atoms with Crippen LogP contribution >= 0.6 is 11.6 Å². The Morgan fingerprint density at radius 1 is 1.58 bits per heavy atom. The summed E-state index contributed by atoms with van der Waals surface area (Å²) in [4.78, 5) is 11.8. The molecule has 0 atom stereocenters. The lowest BCUT2D eigenvalue weighted by atomic mass is 10.4. The smallest absolute Gasteiger partial charge is 0.287 e. The summed E-state index contributed by atoms with van der Waals surface area (Å²) in [6, 6.07) is 0. The van der Waals surface area contributed by atoms with Gasteiger partial charge in [0.1, 0.15) is 5.02 Å². The van der Waals surface area contributed by atoms with E-state index in [9.17, 15) is 4.79 Å². The predicted molar refractivity (Wildman–Crippen MR) is 77.9 cm³/mol. The first-order valence-corrected chi connectivity index (χ1v) is 6.76. The van der Waals surface area contributed by atoms with E-state index in [2.05, 4.69) is 23.9 Å². The number of nitrogens with zero attached hydrogens (tertiary/aromatic N) is 2. The Balaban J connectivity index is 2.48. The second kappa shape index (κ2) is 8.72. The van der Waals surface area contributed by atoms with E-state index < -0.39 is 0 Å². The lowest BCUT2D eigenvalue weighted by Gasteiger charge is -2.09. The maximum atomic E-state index is 11.8. The van der Waals surface area contributed by atoms with Crippen LogP contribution in [-0.2, 0) is 11.3 Å². The second-order valence-corrected chi connectivity index (χ2v) is 4.42. The van der Waals surface area contributed by atoms with Crippen molar-refractivity contribution in [1.29, 1.82) is 0 Å². The van der Waals surface area contributed by atoms with E-state index in [1.54, 1.807) is 12.3 Å². The highest BCUT2D eigenvalue weighted by Gasteiger charge is 2.07. The molecule has 19 heavy (non-hydrogen) atoms. The number of ether oxygens (including phenoxy) is 1. The number of aromatic nitrogens is 2. The molecule has 1 aromatic heterocycles. The average Bonchev–Trinajstić information content (AvgIpc) is 2.41. The molecule has 5 nitrogen and oxygen atoms in total. The highest BCUT2D eigenvalue weighted by Crippen LogP contribution is 2.14. The minimum absolute atomic E-state index is 0.159. The quantitative estimate of drug-likeness (QED) is 0.559. The third-order valence-corrected chi connectivity index (χ3v) is 2.78. The van der Waals surface area contributed by atoms with Crippen molar-refractivity contribution >= 4 is 17.3 Å². The van der Waals surface area contributed by atoms with Crippen molar-refractivity contribution < 1.29 is 4.74 Å². The van der Waals surface area contributed by atoms with Gasteiger partial charge < -0.3 is 10.1 Å². The first kappa shape index (κ1) is 15.7. The Kier molecular flexibility index (Phi) is 7.22. The van der Waals surface area contributed by atoms with E-state index >= 15 is 0 Å². The van der Waals surface area contributed by atoms with E-state index in [1.165, 1.54) is 4.68 Å². The van der Waals surface area contributed by atoms with Gasteiger partial charge in [-0.3, -0.25) is 4.79 Å². The summed E-state index contributed by atoms with van der Waals surface area (Å²) in [5, 5.41) is 7.26. The van der Waals surface area contributed by atoms with Crippen LogP contribution in [0.4, 0.5) is 5.69 Å². The Labute approximate surface area is 118 Å². The summed E-state index contributed by atoms with van der Waals surface area (Å²) in [6.07, 6.45) is 5.03. The van der Waals surface area contributed by atoms with Crippen molar-refractivity contribution in [3.8, 4) is 0 Å². The number of halogens is 1. The highest BCUT2D eigenvalue weighted by atomic mass is 35.5. The Morgan fingerprint density at radius 2 is 2.37 bits per heavy atom. The molecule has 1 aromatic rings. The lowest BCUT2D eigenvalue weighted by molar-refractivity contribution is 0.134. The van der Waals surface area contributed by atoms with Gasteiger partial charge in [-0.05, 0) is 12.8 Å². The number of hydrogen-bond acceptors (Lipinski definition) is 4. The van der Waals surface area contributed by atoms with Crippen molar-refractivity contribution in [2.45, 2.75) is 26.3 Å². The van der Waals surface area contributed by atoms with Gasteiger partial charge in [0.25, 0.3) is 5.56 Å². The molecule has 0 aromatic carbocycles. The Hall–Kier alpha value is -1.33. The molecule has 0 amide bonds. The fourth-order valence-electron chi connectivity index (χ4n) is 1.48. The van der Waals surface area contributed by atoms with E-state index in [0.717, 1.165) is 19.4 Å². The maximum absolute atomic E-state index is 11.8. The van der Waals surface area contributed by atoms with Crippen LogP contribution in [0.5, 0.6) is 0 Å². The third kappa shape index (κ3) is 5.04. The standard InChI is InChI=1S/C13H20ClN3O2/c1-3-7-17-13(18)12(14)11(10-16-17)15-6-5-9-19-8-4-2/h3,10,15H,1,4-9H2,2H3. The van der Waals surface area contributed by atoms with Crippen molar-refractivity contribution in [3.05, 3.63) is 34.2 Å². The molecule has 0 unspecified atom stereocenters. The van der Waals surface area contributed by atoms with E-state index in [-0.39, 0.29) is 10.6 Å². The van der Waals surface area contributed by atoms with Crippen LogP contribution in [0.25, 0.3) is 0 Å². The predicted octanol–water partition coefficient (Wildman–Crippen LogP) is 2.31. The summed E-state index contributed by atoms with van der Waals surface area (Å²) in [6.45, 7) is 8.15. The first-order chi connectivity index (χ1) is 9.20. The summed E-state index contributed by atoms with van der Waals surface area (Å²) in [5.74, 6) is 0. The first-order valence-electron chi connectivity index (χ1n) is 6.38. The number of nitrogens with one attached hydrogen (secondary N) is 1. The topological polar surface area (TPSA) is 56.1 Å². The molecule has 0 saturated carbocycles. The largest absolute Gasteiger partial charge is 0.382 e. The summed E-state index contributed by atoms with van der Waals surface area (Å²) >= 11 is 6.00. The van der Waals surface area contributed by atoms with Crippen molar-refractivity contribution in [2.24, 2.45) is 0 Å². The van der Waals surface area contributed by atoms with E-state index in [0.29, 0.717) is 25.4 Å². The van der Waals surface area contributed by atoms with Gasteiger partial charge in [0.05, 0.1) is 18.4 Å². The second-order valence-electron chi connectivity index (χ2n) is 4.04. The van der Waals surface area contributed by atoms with Gasteiger partial charge in [0.15, 0.2) is 0 Å². The molecule has 0 bridgehead atoms. The van der Waals surface area contributed by atoms with Crippen molar-refractivity contribution in [2.75, 3.05) is 25.1 Å². The minimum atomic E-state index is -0.311. The fourth-order valence-corrected chi connectivity index (χ4v) is 1.70. The molecule has 1 N–H and O–H groups in total. The summed E-state index contributed by atoms with van der Waals surface area (Å²) in [7, 11) is 0. The zero-order chi connectivity index (χ0) is 14.1. The van der Waals surface area contributed by atoms with Crippen LogP contribution in [0.3, 0.4) is 0 Å². The number of rotatable bonds is 9. The fraction of sp³-hybridized carbons (Fsp3) is 0.538. The zero-order valence-electron chi connectivity index (χ0n) is 11.2. The zero-order valence-corrected chi connectivity index (χ0v) is 11.9. The van der Waals surface area contributed by atoms with Crippen molar-refractivity contribution in [3.63, 3.8) is 0 Å². The molecule has 0 aliphatic rings. The van der Waals surface area contributed by atoms with Crippen LogP contribution in [-0.4, -0.2) is 29.5 Å². The van der Waals surface area contributed by atoms with Crippen LogP contribution in [0.2, 0.25) is 5.02 Å². The van der Waals surface area contributed by atoms with Gasteiger partial charge in [-0.1, -0.05) is 24.6 Å². The van der Waals surface area contributed by atoms with Crippen LogP contribution < -0.4 is 10.9 Å². The molecule has 0 aliphatic carbocycles. The van der Waals surface area contributed by atoms with Gasteiger partial charge >= 0.3 is 0 Å². The third-order valence-electron chi connectivity index (χ3n) is 2.42. The molecule has 106 valence electrons. The monoisotopic (exact) mass is 285 g/mol. The van der Waals surface area contributed by atoms with Crippen LogP contribution in [0.1, 0.15) is 19.8 Å². The van der Waals surface area contributed by atoms with E-state index in [1.807, 2.05) is 0 Å². The number of anilines is 1. The Bertz CT molecular complexity index is 460. The average molecular weight is 286 g/mol. The van der Waals surface area contributed by atoms with Crippen LogP contribution in [0, 0.1) is 0 Å². The number of hydrogen-bond donors (Lipinski definition) is 1. The minimum Gasteiger partial charge on any atom is -0.382 e. The molecule has 0 fully saturated rings. The normalized spacial score (nSPS) is 10.4. The number of allylic oxidation sites excluding steroid dienone is 1. The highest BCUT2D eigenvalue weighted by molar-refractivity contribution is 6.32. The van der Waals surface area contributed by atoms with Gasteiger partial charge in [0, 0.05) is 19.8 Å². The maximum Gasteiger partial charge on any atom is 0.287 e. The summed E-state index contributed by atoms with van der Waals surface area (Å²) < 4.78 is 6.63. The van der Waals surface area contributed by atoms with Crippen molar-refractivity contribution in [1.82, 2.24) is 9.78 Å².